The Balaban J connectivity index is 1.93. The molecule has 0 saturated heterocycles. The van der Waals surface area contributed by atoms with Crippen molar-refractivity contribution in [2.75, 3.05) is 17.7 Å². The van der Waals surface area contributed by atoms with Crippen LogP contribution in [0, 0.1) is 13.8 Å². The smallest absolute Gasteiger partial charge is 0.330 e. The Hall–Kier alpha value is -3.62. The molecule has 0 atom stereocenters. The average Bonchev–Trinajstić information content (AvgIpc) is 3.05. The number of aromatic amines is 1. The fourth-order valence-electron chi connectivity index (χ4n) is 3.37. The lowest BCUT2D eigenvalue weighted by atomic mass is 10.1. The van der Waals surface area contributed by atoms with E-state index in [2.05, 4.69) is 10.1 Å². The first-order chi connectivity index (χ1) is 14.2. The quantitative estimate of drug-likeness (QED) is 0.644. The molecular formula is C21H26N6O3. The molecule has 2 heterocycles. The lowest BCUT2D eigenvalue weighted by Gasteiger charge is -2.20. The van der Waals surface area contributed by atoms with Gasteiger partial charge in [0, 0.05) is 24.8 Å². The molecule has 158 valence electrons. The number of rotatable bonds is 6. The second kappa shape index (κ2) is 8.40. The second-order valence-electron chi connectivity index (χ2n) is 7.25. The van der Waals surface area contributed by atoms with Crippen molar-refractivity contribution in [2.45, 2.75) is 40.2 Å². The van der Waals surface area contributed by atoms with Crippen LogP contribution in [-0.2, 0) is 6.54 Å². The molecule has 0 saturated carbocycles. The Morgan fingerprint density at radius 2 is 1.87 bits per heavy atom. The highest BCUT2D eigenvalue weighted by Crippen LogP contribution is 2.19. The molecule has 0 aliphatic carbocycles. The van der Waals surface area contributed by atoms with Crippen LogP contribution >= 0.6 is 0 Å². The number of amides is 1. The summed E-state index contributed by atoms with van der Waals surface area (Å²) in [5.41, 5.74) is 7.88. The van der Waals surface area contributed by atoms with E-state index in [-0.39, 0.29) is 11.5 Å². The van der Waals surface area contributed by atoms with Crippen molar-refractivity contribution >= 4 is 17.4 Å². The van der Waals surface area contributed by atoms with Crippen LogP contribution in [0.2, 0.25) is 0 Å². The number of hydrogen-bond acceptors (Lipinski definition) is 5. The zero-order chi connectivity index (χ0) is 22.0. The molecular weight excluding hydrogens is 384 g/mol. The fourth-order valence-corrected chi connectivity index (χ4v) is 3.37. The predicted octanol–water partition coefficient (Wildman–Crippen LogP) is 2.00. The highest BCUT2D eigenvalue weighted by molar-refractivity contribution is 6.06. The summed E-state index contributed by atoms with van der Waals surface area (Å²) in [6.07, 6.45) is 1.58. The van der Waals surface area contributed by atoms with Crippen LogP contribution in [0.5, 0.6) is 0 Å². The number of nitrogens with one attached hydrogen (secondary N) is 1. The van der Waals surface area contributed by atoms with Gasteiger partial charge >= 0.3 is 5.69 Å². The SMILES string of the molecule is CCCCn1c(N)c(N(C)C(=O)c2ccc(-n3nc(C)cc3C)cc2)c(=O)[nH]c1=O. The molecule has 0 spiro atoms. The number of aromatic nitrogens is 4. The molecule has 0 radical (unpaired) electrons. The van der Waals surface area contributed by atoms with Crippen molar-refractivity contribution in [3.05, 3.63) is 68.1 Å². The van der Waals surface area contributed by atoms with E-state index in [1.165, 1.54) is 16.5 Å². The minimum absolute atomic E-state index is 0.0210. The molecule has 1 aromatic carbocycles. The van der Waals surface area contributed by atoms with Gasteiger partial charge in [-0.25, -0.2) is 9.48 Å². The molecule has 0 fully saturated rings. The van der Waals surface area contributed by atoms with E-state index in [9.17, 15) is 14.4 Å². The fraction of sp³-hybridized carbons (Fsp3) is 0.333. The lowest BCUT2D eigenvalue weighted by molar-refractivity contribution is 0.0992. The van der Waals surface area contributed by atoms with E-state index in [1.54, 1.807) is 28.9 Å². The van der Waals surface area contributed by atoms with Crippen molar-refractivity contribution in [1.29, 1.82) is 0 Å². The zero-order valence-electron chi connectivity index (χ0n) is 17.6. The average molecular weight is 410 g/mol. The maximum absolute atomic E-state index is 13.0. The Kier molecular flexibility index (Phi) is 5.91. The Bertz CT molecular complexity index is 1190. The van der Waals surface area contributed by atoms with Crippen molar-refractivity contribution in [3.8, 4) is 5.69 Å². The molecule has 9 heteroatoms. The molecule has 30 heavy (non-hydrogen) atoms. The Morgan fingerprint density at radius 3 is 2.43 bits per heavy atom. The van der Waals surface area contributed by atoms with E-state index in [4.69, 9.17) is 5.73 Å². The minimum Gasteiger partial charge on any atom is -0.383 e. The van der Waals surface area contributed by atoms with Crippen molar-refractivity contribution in [3.63, 3.8) is 0 Å². The van der Waals surface area contributed by atoms with Crippen LogP contribution in [0.15, 0.2) is 39.9 Å². The number of nitrogens with two attached hydrogens (primary N) is 1. The maximum atomic E-state index is 13.0. The van der Waals surface area contributed by atoms with Gasteiger partial charge in [0.1, 0.15) is 5.82 Å². The van der Waals surface area contributed by atoms with Gasteiger partial charge in [0.2, 0.25) is 0 Å². The van der Waals surface area contributed by atoms with Crippen molar-refractivity contribution < 1.29 is 4.79 Å². The molecule has 2 aromatic heterocycles. The minimum atomic E-state index is -0.694. The van der Waals surface area contributed by atoms with Gasteiger partial charge in [0.05, 0.1) is 11.4 Å². The number of anilines is 2. The molecule has 1 amide bonds. The van der Waals surface area contributed by atoms with Crippen molar-refractivity contribution in [2.24, 2.45) is 0 Å². The summed E-state index contributed by atoms with van der Waals surface area (Å²) in [7, 11) is 1.47. The van der Waals surface area contributed by atoms with E-state index < -0.39 is 17.2 Å². The monoisotopic (exact) mass is 410 g/mol. The van der Waals surface area contributed by atoms with Gasteiger partial charge < -0.3 is 10.6 Å². The van der Waals surface area contributed by atoms with Crippen LogP contribution < -0.4 is 21.9 Å². The van der Waals surface area contributed by atoms with Crippen LogP contribution in [0.3, 0.4) is 0 Å². The number of H-pyrrole nitrogens is 1. The third-order valence-electron chi connectivity index (χ3n) is 4.96. The molecule has 3 N–H and O–H groups in total. The summed E-state index contributed by atoms with van der Waals surface area (Å²) in [5.74, 6) is -0.430. The molecule has 0 aliphatic heterocycles. The summed E-state index contributed by atoms with van der Waals surface area (Å²) < 4.78 is 3.08. The second-order valence-corrected chi connectivity index (χ2v) is 7.25. The van der Waals surface area contributed by atoms with Crippen LogP contribution in [0.25, 0.3) is 5.69 Å². The number of nitrogen functional groups attached to an aromatic ring is 1. The summed E-state index contributed by atoms with van der Waals surface area (Å²) in [4.78, 5) is 40.9. The van der Waals surface area contributed by atoms with Gasteiger partial charge in [-0.2, -0.15) is 5.10 Å². The molecule has 3 aromatic rings. The first kappa shape index (κ1) is 21.1. The topological polar surface area (TPSA) is 119 Å². The highest BCUT2D eigenvalue weighted by Gasteiger charge is 2.22. The summed E-state index contributed by atoms with van der Waals surface area (Å²) in [5, 5.41) is 4.43. The third kappa shape index (κ3) is 3.91. The van der Waals surface area contributed by atoms with Gasteiger partial charge in [-0.1, -0.05) is 13.3 Å². The van der Waals surface area contributed by atoms with Crippen molar-refractivity contribution in [1.82, 2.24) is 19.3 Å². The van der Waals surface area contributed by atoms with Gasteiger partial charge in [0.15, 0.2) is 5.69 Å². The summed E-state index contributed by atoms with van der Waals surface area (Å²) in [6, 6.07) is 8.88. The number of nitrogens with zero attached hydrogens (tertiary/aromatic N) is 4. The number of aryl methyl sites for hydroxylation is 2. The van der Waals surface area contributed by atoms with E-state index in [1.807, 2.05) is 26.8 Å². The number of unbranched alkanes of at least 4 members (excludes halogenated alkanes) is 1. The first-order valence-electron chi connectivity index (χ1n) is 9.79. The number of carbonyl (C=O) groups excluding carboxylic acids is 1. The Morgan fingerprint density at radius 1 is 1.20 bits per heavy atom. The molecule has 3 rings (SSSR count). The number of benzene rings is 1. The third-order valence-corrected chi connectivity index (χ3v) is 4.96. The number of hydrogen-bond donors (Lipinski definition) is 2. The summed E-state index contributed by atoms with van der Waals surface area (Å²) in [6.45, 7) is 6.22. The zero-order valence-corrected chi connectivity index (χ0v) is 17.6. The highest BCUT2D eigenvalue weighted by atomic mass is 16.2. The first-order valence-corrected chi connectivity index (χ1v) is 9.79. The molecule has 9 nitrogen and oxygen atoms in total. The van der Waals surface area contributed by atoms with Gasteiger partial charge in [-0.15, -0.1) is 0 Å². The van der Waals surface area contributed by atoms with Gasteiger partial charge in [-0.3, -0.25) is 19.1 Å². The van der Waals surface area contributed by atoms with E-state index >= 15 is 0 Å². The summed E-state index contributed by atoms with van der Waals surface area (Å²) >= 11 is 0. The van der Waals surface area contributed by atoms with Crippen LogP contribution in [-0.4, -0.2) is 32.3 Å². The normalized spacial score (nSPS) is 10.9. The lowest BCUT2D eigenvalue weighted by Crippen LogP contribution is -2.39. The van der Waals surface area contributed by atoms with Crippen LogP contribution in [0.1, 0.15) is 41.5 Å². The molecule has 0 aliphatic rings. The van der Waals surface area contributed by atoms with Gasteiger partial charge in [0.25, 0.3) is 11.5 Å². The molecule has 0 unspecified atom stereocenters. The van der Waals surface area contributed by atoms with Crippen LogP contribution in [0.4, 0.5) is 11.5 Å². The molecule has 0 bridgehead atoms. The largest absolute Gasteiger partial charge is 0.383 e. The maximum Gasteiger partial charge on any atom is 0.330 e. The standard InChI is InChI=1S/C21H26N6O3/c1-5-6-11-26-18(22)17(19(28)23-21(26)30)25(4)20(29)15-7-9-16(10-8-15)27-14(3)12-13(2)24-27/h7-10,12H,5-6,11,22H2,1-4H3,(H,23,28,30). The Labute approximate surface area is 173 Å². The predicted molar refractivity (Wildman–Crippen MR) is 116 cm³/mol. The van der Waals surface area contributed by atoms with Gasteiger partial charge in [-0.05, 0) is 50.6 Å². The van der Waals surface area contributed by atoms with E-state index in [0.717, 1.165) is 29.9 Å². The number of carbonyl (C=O) groups is 1. The van der Waals surface area contributed by atoms with E-state index in [0.29, 0.717) is 12.1 Å².